The Labute approximate surface area is 258 Å². The van der Waals surface area contributed by atoms with Crippen LogP contribution in [0.4, 0.5) is 0 Å². The van der Waals surface area contributed by atoms with E-state index < -0.39 is 11.6 Å². The van der Waals surface area contributed by atoms with E-state index in [1.54, 1.807) is 0 Å². The summed E-state index contributed by atoms with van der Waals surface area (Å²) < 4.78 is 12.4. The van der Waals surface area contributed by atoms with Gasteiger partial charge in [0.25, 0.3) is 5.91 Å². The molecule has 10 nitrogen and oxygen atoms in total. The molecule has 10 heteroatoms. The third-order valence-electron chi connectivity index (χ3n) is 8.31. The number of aliphatic hydroxyl groups excluding tert-OH is 1. The molecule has 2 atom stereocenters. The summed E-state index contributed by atoms with van der Waals surface area (Å²) in [6.45, 7) is 1.28. The van der Waals surface area contributed by atoms with Crippen molar-refractivity contribution in [1.29, 1.82) is 0 Å². The van der Waals surface area contributed by atoms with Gasteiger partial charge in [-0.05, 0) is 65.2 Å². The number of aliphatic imine (C=N–C) groups is 1. The highest BCUT2D eigenvalue weighted by Gasteiger charge is 2.54. The molecule has 0 aromatic heterocycles. The van der Waals surface area contributed by atoms with Crippen molar-refractivity contribution in [3.8, 4) is 5.75 Å². The number of amides is 1. The number of carbonyl (C=O) groups excluding carboxylic acids is 1. The molecular formula is C34H40N6O4. The molecule has 3 aromatic rings. The van der Waals surface area contributed by atoms with Crippen LogP contribution in [-0.2, 0) is 22.5 Å². The Hall–Kier alpha value is -4.37. The van der Waals surface area contributed by atoms with Crippen LogP contribution < -0.4 is 15.6 Å². The second-order valence-electron chi connectivity index (χ2n) is 11.4. The standard InChI is InChI=1S/C34H40N6O4/c35-40-37-24-28-14-7-8-15-30(28)31-34(22-25-10-3-1-4-11-25,33(42)39-36-23-26-12-5-2-6-13-26)38-32(44-31)27-16-18-29(19-17-27)43-21-9-20-41/h1,3-4,7-8,10-11,14-19,26,31,36,41H,2,5-6,9,12-13,20-24H2,(H,39,42)/t31-,34-/m0/s1. The maximum atomic E-state index is 14.4. The molecule has 1 aliphatic carbocycles. The first-order valence-corrected chi connectivity index (χ1v) is 15.4. The predicted octanol–water partition coefficient (Wildman–Crippen LogP) is 5.96. The lowest BCUT2D eigenvalue weighted by molar-refractivity contribution is -0.130. The largest absolute Gasteiger partial charge is 0.494 e. The molecule has 230 valence electrons. The number of carbonyl (C=O) groups is 1. The number of nitrogens with one attached hydrogen (secondary N) is 2. The highest BCUT2D eigenvalue weighted by Crippen LogP contribution is 2.43. The first-order valence-electron chi connectivity index (χ1n) is 15.4. The van der Waals surface area contributed by atoms with Crippen LogP contribution in [0.2, 0.25) is 0 Å². The smallest absolute Gasteiger partial charge is 0.266 e. The van der Waals surface area contributed by atoms with E-state index in [0.29, 0.717) is 42.7 Å². The van der Waals surface area contributed by atoms with E-state index in [0.717, 1.165) is 29.5 Å². The molecule has 0 radical (unpaired) electrons. The van der Waals surface area contributed by atoms with Gasteiger partial charge in [-0.3, -0.25) is 10.2 Å². The summed E-state index contributed by atoms with van der Waals surface area (Å²) in [6.07, 6.45) is 6.04. The number of hydrogen-bond donors (Lipinski definition) is 3. The number of benzene rings is 3. The zero-order valence-corrected chi connectivity index (χ0v) is 24.9. The molecule has 5 rings (SSSR count). The lowest BCUT2D eigenvalue weighted by Crippen LogP contribution is -2.54. The fourth-order valence-corrected chi connectivity index (χ4v) is 5.98. The van der Waals surface area contributed by atoms with Crippen LogP contribution in [0.25, 0.3) is 10.4 Å². The molecule has 1 aliphatic heterocycles. The molecule has 1 fully saturated rings. The van der Waals surface area contributed by atoms with E-state index in [4.69, 9.17) is 25.1 Å². The van der Waals surface area contributed by atoms with Crippen molar-refractivity contribution >= 4 is 11.8 Å². The molecule has 0 bridgehead atoms. The van der Waals surface area contributed by atoms with Gasteiger partial charge < -0.3 is 14.6 Å². The number of aliphatic hydroxyl groups is 1. The topological polar surface area (TPSA) is 141 Å². The van der Waals surface area contributed by atoms with E-state index in [2.05, 4.69) is 20.9 Å². The monoisotopic (exact) mass is 596 g/mol. The molecule has 44 heavy (non-hydrogen) atoms. The Morgan fingerprint density at radius 3 is 2.55 bits per heavy atom. The highest BCUT2D eigenvalue weighted by atomic mass is 16.5. The van der Waals surface area contributed by atoms with Crippen LogP contribution in [0.5, 0.6) is 5.75 Å². The summed E-state index contributed by atoms with van der Waals surface area (Å²) >= 11 is 0. The van der Waals surface area contributed by atoms with E-state index in [9.17, 15) is 4.79 Å². The highest BCUT2D eigenvalue weighted by molar-refractivity contribution is 6.01. The SMILES string of the molecule is [N-]=[N+]=NCc1ccccc1[C@@H]1OC(c2ccc(OCCCO)cc2)=N[C@]1(Cc1ccccc1)C(=O)NNCC1CCCCC1. The van der Waals surface area contributed by atoms with Gasteiger partial charge in [0, 0.05) is 36.5 Å². The quantitative estimate of drug-likeness (QED) is 0.0692. The van der Waals surface area contributed by atoms with Crippen molar-refractivity contribution in [2.75, 3.05) is 19.8 Å². The van der Waals surface area contributed by atoms with Gasteiger partial charge in [-0.15, -0.1) is 0 Å². The number of hydrazine groups is 1. The van der Waals surface area contributed by atoms with Gasteiger partial charge in [-0.1, -0.05) is 79.0 Å². The van der Waals surface area contributed by atoms with Crippen LogP contribution in [0.3, 0.4) is 0 Å². The van der Waals surface area contributed by atoms with Crippen LogP contribution in [-0.4, -0.2) is 42.2 Å². The summed E-state index contributed by atoms with van der Waals surface area (Å²) in [6, 6.07) is 24.7. The Kier molecular flexibility index (Phi) is 10.9. The fraction of sp³-hybridized carbons (Fsp3) is 0.412. The van der Waals surface area contributed by atoms with E-state index in [1.807, 2.05) is 78.9 Å². The summed E-state index contributed by atoms with van der Waals surface area (Å²) in [4.78, 5) is 22.5. The van der Waals surface area contributed by atoms with E-state index >= 15 is 0 Å². The second-order valence-corrected chi connectivity index (χ2v) is 11.4. The number of ether oxygens (including phenoxy) is 2. The molecule has 2 aliphatic rings. The normalized spacial score (nSPS) is 19.8. The summed E-state index contributed by atoms with van der Waals surface area (Å²) in [5, 5.41) is 12.9. The molecule has 0 unspecified atom stereocenters. The minimum Gasteiger partial charge on any atom is -0.494 e. The maximum Gasteiger partial charge on any atom is 0.266 e. The van der Waals surface area contributed by atoms with Gasteiger partial charge in [0.15, 0.2) is 11.6 Å². The Bertz CT molecular complexity index is 1450. The minimum absolute atomic E-state index is 0.0618. The fourth-order valence-electron chi connectivity index (χ4n) is 5.98. The van der Waals surface area contributed by atoms with Crippen molar-refractivity contribution in [2.45, 2.75) is 63.1 Å². The number of nitrogens with zero attached hydrogens (tertiary/aromatic N) is 4. The third-order valence-corrected chi connectivity index (χ3v) is 8.31. The number of hydrogen-bond acceptors (Lipinski definition) is 7. The summed E-state index contributed by atoms with van der Waals surface area (Å²) in [5.41, 5.74) is 17.1. The van der Waals surface area contributed by atoms with Crippen molar-refractivity contribution in [1.82, 2.24) is 10.9 Å². The van der Waals surface area contributed by atoms with Gasteiger partial charge in [-0.25, -0.2) is 10.4 Å². The molecule has 3 aromatic carbocycles. The maximum absolute atomic E-state index is 14.4. The minimum atomic E-state index is -1.36. The average molecular weight is 597 g/mol. The Balaban J connectivity index is 1.52. The lowest BCUT2D eigenvalue weighted by Gasteiger charge is -2.32. The molecule has 0 spiro atoms. The molecule has 1 heterocycles. The second kappa shape index (κ2) is 15.4. The Morgan fingerprint density at radius 2 is 1.80 bits per heavy atom. The predicted molar refractivity (Wildman–Crippen MR) is 169 cm³/mol. The van der Waals surface area contributed by atoms with Crippen molar-refractivity contribution < 1.29 is 19.4 Å². The van der Waals surface area contributed by atoms with Crippen molar-refractivity contribution in [3.63, 3.8) is 0 Å². The van der Waals surface area contributed by atoms with Gasteiger partial charge in [-0.2, -0.15) is 0 Å². The Morgan fingerprint density at radius 1 is 1.05 bits per heavy atom. The average Bonchev–Trinajstić information content (AvgIpc) is 3.45. The number of azide groups is 1. The zero-order valence-electron chi connectivity index (χ0n) is 24.9. The molecular weight excluding hydrogens is 556 g/mol. The first kappa shape index (κ1) is 31.1. The van der Waals surface area contributed by atoms with Crippen LogP contribution in [0.1, 0.15) is 66.9 Å². The summed E-state index contributed by atoms with van der Waals surface area (Å²) in [5.74, 6) is 1.23. The molecule has 0 saturated heterocycles. The van der Waals surface area contributed by atoms with E-state index in [1.165, 1.54) is 19.3 Å². The lowest BCUT2D eigenvalue weighted by atomic mass is 9.80. The van der Waals surface area contributed by atoms with Crippen LogP contribution >= 0.6 is 0 Å². The summed E-state index contributed by atoms with van der Waals surface area (Å²) in [7, 11) is 0. The van der Waals surface area contributed by atoms with Crippen LogP contribution in [0.15, 0.2) is 89.0 Å². The number of rotatable bonds is 14. The van der Waals surface area contributed by atoms with E-state index in [-0.39, 0.29) is 25.5 Å². The molecule has 1 amide bonds. The molecule has 1 saturated carbocycles. The van der Waals surface area contributed by atoms with Gasteiger partial charge in [0.2, 0.25) is 5.90 Å². The van der Waals surface area contributed by atoms with Gasteiger partial charge >= 0.3 is 0 Å². The van der Waals surface area contributed by atoms with Crippen molar-refractivity contribution in [2.24, 2.45) is 16.0 Å². The molecule has 3 N–H and O–H groups in total. The third kappa shape index (κ3) is 7.58. The zero-order chi connectivity index (χ0) is 30.6. The van der Waals surface area contributed by atoms with Gasteiger partial charge in [0.05, 0.1) is 13.2 Å². The van der Waals surface area contributed by atoms with Crippen LogP contribution in [0, 0.1) is 5.92 Å². The van der Waals surface area contributed by atoms with Gasteiger partial charge in [0.1, 0.15) is 5.75 Å². The first-order chi connectivity index (χ1) is 21.6. The van der Waals surface area contributed by atoms with Crippen molar-refractivity contribution in [3.05, 3.63) is 112 Å².